The molecule has 0 bridgehead atoms. The maximum absolute atomic E-state index is 4.03. The third-order valence-electron chi connectivity index (χ3n) is 1.84. The molecule has 0 saturated heterocycles. The predicted octanol–water partition coefficient (Wildman–Crippen LogP) is 2.64. The van der Waals surface area contributed by atoms with Gasteiger partial charge in [-0.3, -0.25) is 9.97 Å². The Labute approximate surface area is 102 Å². The summed E-state index contributed by atoms with van der Waals surface area (Å²) in [7, 11) is 0. The molecule has 0 saturated carbocycles. The van der Waals surface area contributed by atoms with E-state index in [9.17, 15) is 0 Å². The van der Waals surface area contributed by atoms with Gasteiger partial charge < -0.3 is 0 Å². The molecule has 70 valence electrons. The van der Waals surface area contributed by atoms with E-state index in [0.717, 1.165) is 11.1 Å². The van der Waals surface area contributed by atoms with Crippen LogP contribution in [0.1, 0.15) is 11.1 Å². The topological polar surface area (TPSA) is 25.8 Å². The van der Waals surface area contributed by atoms with Gasteiger partial charge in [0.15, 0.2) is 0 Å². The van der Waals surface area contributed by atoms with Crippen LogP contribution >= 0.6 is 0 Å². The summed E-state index contributed by atoms with van der Waals surface area (Å²) in [6.45, 7) is 0. The molecular weight excluding hydrogens is 238 g/mol. The van der Waals surface area contributed by atoms with Crippen LogP contribution in [0.4, 0.5) is 0 Å². The van der Waals surface area contributed by atoms with E-state index in [2.05, 4.69) is 9.97 Å². The summed E-state index contributed by atoms with van der Waals surface area (Å²) in [5, 5.41) is 0. The van der Waals surface area contributed by atoms with Gasteiger partial charge in [0, 0.05) is 44.3 Å². The zero-order valence-corrected chi connectivity index (χ0v) is 11.3. The third kappa shape index (κ3) is 3.72. The van der Waals surface area contributed by atoms with Crippen molar-refractivity contribution >= 4 is 12.2 Å². The van der Waals surface area contributed by atoms with E-state index in [0.29, 0.717) is 0 Å². The van der Waals surface area contributed by atoms with E-state index >= 15 is 0 Å². The number of aromatic nitrogens is 2. The van der Waals surface area contributed by atoms with Crippen LogP contribution in [0, 0.1) is 0 Å². The van der Waals surface area contributed by atoms with Crippen LogP contribution in [0.2, 0.25) is 0 Å². The number of hydrogen-bond donors (Lipinski definition) is 0. The van der Waals surface area contributed by atoms with Gasteiger partial charge in [-0.2, -0.15) is 0 Å². The van der Waals surface area contributed by atoms with Gasteiger partial charge >= 0.3 is 0 Å². The normalized spacial score (nSPS) is 9.87. The average molecular weight is 248 g/mol. The van der Waals surface area contributed by atoms with E-state index < -0.39 is 0 Å². The van der Waals surface area contributed by atoms with Crippen molar-refractivity contribution in [3.63, 3.8) is 0 Å². The zero-order chi connectivity index (χ0) is 9.64. The van der Waals surface area contributed by atoms with Crippen LogP contribution in [-0.4, -0.2) is 9.97 Å². The molecule has 2 nitrogen and oxygen atoms in total. The molecule has 0 amide bonds. The molecule has 0 aliphatic heterocycles. The molecule has 2 aromatic rings. The Morgan fingerprint density at radius 1 is 0.800 bits per heavy atom. The molecule has 0 aromatic carbocycles. The van der Waals surface area contributed by atoms with Crippen molar-refractivity contribution in [1.29, 1.82) is 0 Å². The monoisotopic (exact) mass is 246 g/mol. The van der Waals surface area contributed by atoms with Gasteiger partial charge in [-0.05, 0) is 23.3 Å². The number of nitrogens with zero attached hydrogens (tertiary/aromatic N) is 2. The van der Waals surface area contributed by atoms with E-state index in [1.54, 1.807) is 12.4 Å². The second-order valence-corrected chi connectivity index (χ2v) is 2.91. The molecule has 0 N–H and O–H groups in total. The van der Waals surface area contributed by atoms with Gasteiger partial charge in [0.05, 0.1) is 0 Å². The maximum Gasteiger partial charge on any atom is 0.0340 e. The van der Waals surface area contributed by atoms with Crippen LogP contribution in [-0.2, 0) is 19.5 Å². The minimum Gasteiger partial charge on any atom is -0.264 e. The Balaban J connectivity index is 0.00000112. The van der Waals surface area contributed by atoms with Crippen LogP contribution in [0.25, 0.3) is 12.2 Å². The first-order valence-electron chi connectivity index (χ1n) is 4.43. The van der Waals surface area contributed by atoms with E-state index in [1.165, 1.54) is 0 Å². The molecule has 0 radical (unpaired) electrons. The summed E-state index contributed by atoms with van der Waals surface area (Å²) in [6, 6.07) is 7.87. The van der Waals surface area contributed by atoms with Crippen LogP contribution < -0.4 is 0 Å². The first kappa shape index (κ1) is 11.7. The zero-order valence-electron chi connectivity index (χ0n) is 8.38. The molecule has 2 aromatic heterocycles. The first-order valence-corrected chi connectivity index (χ1v) is 4.43. The molecule has 15 heavy (non-hydrogen) atoms. The molecule has 0 aliphatic rings. The van der Waals surface area contributed by atoms with Crippen molar-refractivity contribution in [2.75, 3.05) is 0 Å². The van der Waals surface area contributed by atoms with Gasteiger partial charge in [-0.15, -0.1) is 0 Å². The second kappa shape index (κ2) is 6.20. The van der Waals surface area contributed by atoms with Gasteiger partial charge in [-0.1, -0.05) is 24.3 Å². The molecule has 0 spiro atoms. The van der Waals surface area contributed by atoms with Crippen molar-refractivity contribution in [3.8, 4) is 0 Å². The smallest absolute Gasteiger partial charge is 0.0340 e. The number of pyridine rings is 2. The standard InChI is InChI=1S/C12H10N2.Zn/c1-3-11(9-13-7-1)5-6-12-4-2-8-14-10-12;/h1-10H;/b6-5-;. The molecular formula is C12H10N2Zn. The maximum atomic E-state index is 4.03. The first-order chi connectivity index (χ1) is 6.95. The Kier molecular flexibility index (Phi) is 4.85. The fourth-order valence-electron chi connectivity index (χ4n) is 1.14. The molecule has 2 heterocycles. The van der Waals surface area contributed by atoms with Crippen LogP contribution in [0.5, 0.6) is 0 Å². The molecule has 0 unspecified atom stereocenters. The van der Waals surface area contributed by atoms with Gasteiger partial charge in [0.2, 0.25) is 0 Å². The molecule has 0 atom stereocenters. The van der Waals surface area contributed by atoms with Crippen molar-refractivity contribution in [1.82, 2.24) is 9.97 Å². The summed E-state index contributed by atoms with van der Waals surface area (Å²) >= 11 is 0. The number of rotatable bonds is 2. The summed E-state index contributed by atoms with van der Waals surface area (Å²) < 4.78 is 0. The minimum atomic E-state index is 0. The minimum absolute atomic E-state index is 0. The Hall–Kier alpha value is -1.34. The third-order valence-corrected chi connectivity index (χ3v) is 1.84. The molecule has 0 aliphatic carbocycles. The van der Waals surface area contributed by atoms with E-state index in [-0.39, 0.29) is 19.5 Å². The van der Waals surface area contributed by atoms with Crippen LogP contribution in [0.15, 0.2) is 49.1 Å². The Bertz CT molecular complexity index is 371. The summed E-state index contributed by atoms with van der Waals surface area (Å²) in [5.74, 6) is 0. The fourth-order valence-corrected chi connectivity index (χ4v) is 1.14. The van der Waals surface area contributed by atoms with Gasteiger partial charge in [0.25, 0.3) is 0 Å². The average Bonchev–Trinajstić information content (AvgIpc) is 2.29. The van der Waals surface area contributed by atoms with Gasteiger partial charge in [0.1, 0.15) is 0 Å². The van der Waals surface area contributed by atoms with E-state index in [1.807, 2.05) is 48.8 Å². The van der Waals surface area contributed by atoms with Gasteiger partial charge in [-0.25, -0.2) is 0 Å². The quantitative estimate of drug-likeness (QED) is 0.763. The van der Waals surface area contributed by atoms with E-state index in [4.69, 9.17) is 0 Å². The summed E-state index contributed by atoms with van der Waals surface area (Å²) in [5.41, 5.74) is 2.19. The van der Waals surface area contributed by atoms with Crippen molar-refractivity contribution in [3.05, 3.63) is 60.2 Å². The Morgan fingerprint density at radius 3 is 1.60 bits per heavy atom. The SMILES string of the molecule is C(=C/c1cccnc1)/c1cccnc1.[Zn]. The molecule has 3 heteroatoms. The predicted molar refractivity (Wildman–Crippen MR) is 57.4 cm³/mol. The van der Waals surface area contributed by atoms with Crippen molar-refractivity contribution in [2.45, 2.75) is 0 Å². The largest absolute Gasteiger partial charge is 0.264 e. The Morgan fingerprint density at radius 2 is 1.27 bits per heavy atom. The summed E-state index contributed by atoms with van der Waals surface area (Å²) in [6.07, 6.45) is 11.2. The molecule has 2 rings (SSSR count). The van der Waals surface area contributed by atoms with Crippen molar-refractivity contribution < 1.29 is 19.5 Å². The molecule has 0 fully saturated rings. The number of hydrogen-bond acceptors (Lipinski definition) is 2. The summed E-state index contributed by atoms with van der Waals surface area (Å²) in [4.78, 5) is 8.06. The van der Waals surface area contributed by atoms with Crippen LogP contribution in [0.3, 0.4) is 0 Å². The fraction of sp³-hybridized carbons (Fsp3) is 0. The van der Waals surface area contributed by atoms with Crippen molar-refractivity contribution in [2.24, 2.45) is 0 Å². The second-order valence-electron chi connectivity index (χ2n) is 2.91.